The molecular weight excluding hydrogens is 254 g/mol. The predicted octanol–water partition coefficient (Wildman–Crippen LogP) is 1.64. The molecule has 0 radical (unpaired) electrons. The average Bonchev–Trinajstić information content (AvgIpc) is 2.40. The molecule has 0 aliphatic carbocycles. The van der Waals surface area contributed by atoms with Gasteiger partial charge in [-0.1, -0.05) is 0 Å². The first-order chi connectivity index (χ1) is 6.56. The van der Waals surface area contributed by atoms with Crippen LogP contribution in [0.5, 0.6) is 0 Å². The number of imidazole rings is 1. The van der Waals surface area contributed by atoms with Gasteiger partial charge in [0.15, 0.2) is 4.73 Å². The number of ether oxygens (including phenoxy) is 1. The van der Waals surface area contributed by atoms with E-state index in [1.165, 1.54) is 6.92 Å². The van der Waals surface area contributed by atoms with Crippen LogP contribution in [0.1, 0.15) is 12.6 Å². The zero-order valence-electron chi connectivity index (χ0n) is 7.65. The van der Waals surface area contributed by atoms with Gasteiger partial charge >= 0.3 is 5.97 Å². The molecule has 1 rings (SSSR count). The predicted molar refractivity (Wildman–Crippen MR) is 51.8 cm³/mol. The fraction of sp³-hybridized carbons (Fsp3) is 0.429. The van der Waals surface area contributed by atoms with E-state index in [1.807, 2.05) is 0 Å². The third-order valence-electron chi connectivity index (χ3n) is 1.64. The summed E-state index contributed by atoms with van der Waals surface area (Å²) in [5.74, 6) is -0.389. The Hall–Kier alpha value is -1.24. The Morgan fingerprint density at radius 3 is 2.86 bits per heavy atom. The zero-order valence-corrected chi connectivity index (χ0v) is 9.24. The highest BCUT2D eigenvalue weighted by Gasteiger charge is 2.14. The molecule has 0 aliphatic rings. The molecule has 0 aromatic carbocycles. The number of nitroso groups, excluding NO2 is 1. The molecule has 0 fully saturated rings. The first-order valence-electron chi connectivity index (χ1n) is 3.74. The number of carbonyl (C=O) groups is 1. The lowest BCUT2D eigenvalue weighted by atomic mass is 10.4. The monoisotopic (exact) mass is 261 g/mol. The Kier molecular flexibility index (Phi) is 3.34. The van der Waals surface area contributed by atoms with Crippen LogP contribution in [0.25, 0.3) is 0 Å². The third-order valence-corrected chi connectivity index (χ3v) is 2.35. The molecule has 0 bridgehead atoms. The fourth-order valence-electron chi connectivity index (χ4n) is 0.893. The van der Waals surface area contributed by atoms with Crippen LogP contribution in [-0.4, -0.2) is 15.5 Å². The van der Waals surface area contributed by atoms with Crippen molar-refractivity contribution in [2.75, 3.05) is 0 Å². The normalized spacial score (nSPS) is 9.93. The molecule has 7 heteroatoms. The second-order valence-corrected chi connectivity index (χ2v) is 3.29. The summed E-state index contributed by atoms with van der Waals surface area (Å²) in [4.78, 5) is 24.7. The minimum atomic E-state index is -0.417. The summed E-state index contributed by atoms with van der Waals surface area (Å²) in [6, 6.07) is 0. The maximum absolute atomic E-state index is 10.6. The SMILES string of the molecule is CC(=O)OCc1c(N=O)nc(Br)n1C. The minimum Gasteiger partial charge on any atom is -0.459 e. The van der Waals surface area contributed by atoms with Crippen LogP contribution < -0.4 is 0 Å². The van der Waals surface area contributed by atoms with E-state index < -0.39 is 5.97 Å². The number of hydrogen-bond donors (Lipinski definition) is 0. The van der Waals surface area contributed by atoms with Crippen molar-refractivity contribution in [2.45, 2.75) is 13.5 Å². The van der Waals surface area contributed by atoms with Crippen molar-refractivity contribution in [1.82, 2.24) is 9.55 Å². The Bertz CT molecular complexity index is 375. The first-order valence-corrected chi connectivity index (χ1v) is 4.53. The van der Waals surface area contributed by atoms with Crippen LogP contribution in [-0.2, 0) is 23.2 Å². The summed E-state index contributed by atoms with van der Waals surface area (Å²) in [7, 11) is 1.69. The number of aromatic nitrogens is 2. The van der Waals surface area contributed by atoms with E-state index in [1.54, 1.807) is 11.6 Å². The van der Waals surface area contributed by atoms with Gasteiger partial charge in [0.2, 0.25) is 5.82 Å². The van der Waals surface area contributed by atoms with E-state index >= 15 is 0 Å². The summed E-state index contributed by atoms with van der Waals surface area (Å²) < 4.78 is 6.80. The van der Waals surface area contributed by atoms with Gasteiger partial charge in [0, 0.05) is 14.0 Å². The number of esters is 1. The van der Waals surface area contributed by atoms with Crippen LogP contribution >= 0.6 is 15.9 Å². The van der Waals surface area contributed by atoms with Crippen LogP contribution in [0.4, 0.5) is 5.82 Å². The van der Waals surface area contributed by atoms with Crippen LogP contribution in [0.15, 0.2) is 9.91 Å². The van der Waals surface area contributed by atoms with Gasteiger partial charge in [-0.2, -0.15) is 4.98 Å². The van der Waals surface area contributed by atoms with Gasteiger partial charge in [-0.3, -0.25) is 4.79 Å². The van der Waals surface area contributed by atoms with Crippen molar-refractivity contribution >= 4 is 27.7 Å². The van der Waals surface area contributed by atoms with Gasteiger partial charge < -0.3 is 9.30 Å². The summed E-state index contributed by atoms with van der Waals surface area (Å²) in [6.07, 6.45) is 0. The van der Waals surface area contributed by atoms with Crippen molar-refractivity contribution in [3.63, 3.8) is 0 Å². The zero-order chi connectivity index (χ0) is 10.7. The topological polar surface area (TPSA) is 73.6 Å². The molecule has 1 aromatic heterocycles. The highest BCUT2D eigenvalue weighted by molar-refractivity contribution is 9.10. The molecule has 0 atom stereocenters. The van der Waals surface area contributed by atoms with Crippen LogP contribution in [0, 0.1) is 4.91 Å². The molecular formula is C7H8BrN3O3. The maximum Gasteiger partial charge on any atom is 0.303 e. The third kappa shape index (κ3) is 2.16. The molecule has 0 spiro atoms. The van der Waals surface area contributed by atoms with E-state index in [2.05, 4.69) is 26.1 Å². The van der Waals surface area contributed by atoms with Gasteiger partial charge in [0.05, 0.1) is 0 Å². The molecule has 0 saturated carbocycles. The minimum absolute atomic E-state index is 0.00843. The Labute approximate surface area is 88.4 Å². The van der Waals surface area contributed by atoms with E-state index in [0.717, 1.165) is 0 Å². The number of nitrogens with zero attached hydrogens (tertiary/aromatic N) is 3. The second kappa shape index (κ2) is 4.32. The van der Waals surface area contributed by atoms with Crippen molar-refractivity contribution < 1.29 is 9.53 Å². The van der Waals surface area contributed by atoms with Crippen molar-refractivity contribution in [3.8, 4) is 0 Å². The maximum atomic E-state index is 10.6. The quantitative estimate of drug-likeness (QED) is 0.613. The standard InChI is InChI=1S/C7H8BrN3O3/c1-4(12)14-3-5-6(10-13)9-7(8)11(5)2/h3H2,1-2H3. The fourth-order valence-corrected chi connectivity index (χ4v) is 1.27. The molecule has 0 unspecified atom stereocenters. The second-order valence-electron chi connectivity index (χ2n) is 2.58. The van der Waals surface area contributed by atoms with Gasteiger partial charge in [-0.05, 0) is 21.1 Å². The van der Waals surface area contributed by atoms with Crippen molar-refractivity contribution in [2.24, 2.45) is 12.2 Å². The Morgan fingerprint density at radius 1 is 1.71 bits per heavy atom. The van der Waals surface area contributed by atoms with E-state index in [-0.39, 0.29) is 12.4 Å². The lowest BCUT2D eigenvalue weighted by Crippen LogP contribution is -2.03. The number of halogens is 1. The molecule has 0 amide bonds. The summed E-state index contributed by atoms with van der Waals surface area (Å²) >= 11 is 3.13. The molecule has 1 aromatic rings. The first kappa shape index (κ1) is 10.8. The van der Waals surface area contributed by atoms with E-state index in [9.17, 15) is 9.70 Å². The lowest BCUT2D eigenvalue weighted by molar-refractivity contribution is -0.142. The molecule has 76 valence electrons. The van der Waals surface area contributed by atoms with E-state index in [0.29, 0.717) is 10.4 Å². The Balaban J connectivity index is 2.93. The number of carbonyl (C=O) groups excluding carboxylic acids is 1. The molecule has 14 heavy (non-hydrogen) atoms. The number of hydrogen-bond acceptors (Lipinski definition) is 5. The lowest BCUT2D eigenvalue weighted by Gasteiger charge is -2.02. The highest BCUT2D eigenvalue weighted by atomic mass is 79.9. The summed E-state index contributed by atoms with van der Waals surface area (Å²) in [5.41, 5.74) is 0.460. The van der Waals surface area contributed by atoms with Crippen LogP contribution in [0.2, 0.25) is 0 Å². The average molecular weight is 262 g/mol. The number of rotatable bonds is 3. The van der Waals surface area contributed by atoms with Gasteiger partial charge in [0.1, 0.15) is 12.3 Å². The molecule has 0 saturated heterocycles. The van der Waals surface area contributed by atoms with Gasteiger partial charge in [-0.15, -0.1) is 4.91 Å². The van der Waals surface area contributed by atoms with Gasteiger partial charge in [-0.25, -0.2) is 0 Å². The van der Waals surface area contributed by atoms with Crippen LogP contribution in [0.3, 0.4) is 0 Å². The Morgan fingerprint density at radius 2 is 2.36 bits per heavy atom. The molecule has 6 nitrogen and oxygen atoms in total. The molecule has 1 heterocycles. The van der Waals surface area contributed by atoms with Crippen molar-refractivity contribution in [1.29, 1.82) is 0 Å². The molecule has 0 aliphatic heterocycles. The van der Waals surface area contributed by atoms with Crippen molar-refractivity contribution in [3.05, 3.63) is 15.3 Å². The smallest absolute Gasteiger partial charge is 0.303 e. The largest absolute Gasteiger partial charge is 0.459 e. The van der Waals surface area contributed by atoms with Gasteiger partial charge in [0.25, 0.3) is 0 Å². The molecule has 0 N–H and O–H groups in total. The van der Waals surface area contributed by atoms with E-state index in [4.69, 9.17) is 4.74 Å². The highest BCUT2D eigenvalue weighted by Crippen LogP contribution is 2.22. The summed E-state index contributed by atoms with van der Waals surface area (Å²) in [5, 5.41) is 2.73. The summed E-state index contributed by atoms with van der Waals surface area (Å²) in [6.45, 7) is 1.28.